The number of carbonyl (C=O) groups is 2. The van der Waals surface area contributed by atoms with Gasteiger partial charge in [0.1, 0.15) is 11.5 Å². The van der Waals surface area contributed by atoms with Crippen LogP contribution in [-0.2, 0) is 16.1 Å². The molecule has 5 nitrogen and oxygen atoms in total. The van der Waals surface area contributed by atoms with Crippen molar-refractivity contribution in [2.24, 2.45) is 0 Å². The minimum Gasteiger partial charge on any atom is -0.464 e. The first kappa shape index (κ1) is 17.8. The van der Waals surface area contributed by atoms with E-state index in [1.54, 1.807) is 11.9 Å². The molecule has 0 aliphatic heterocycles. The molecule has 128 valence electrons. The van der Waals surface area contributed by atoms with Crippen LogP contribution < -0.4 is 5.32 Å². The molecule has 5 heteroatoms. The van der Waals surface area contributed by atoms with Crippen molar-refractivity contribution < 1.29 is 14.0 Å². The van der Waals surface area contributed by atoms with Gasteiger partial charge in [-0.3, -0.25) is 9.59 Å². The number of nitrogens with zero attached hydrogens (tertiary/aromatic N) is 1. The summed E-state index contributed by atoms with van der Waals surface area (Å²) in [5, 5.41) is 2.86. The summed E-state index contributed by atoms with van der Waals surface area (Å²) in [6.07, 6.45) is 0.207. The fourth-order valence-electron chi connectivity index (χ4n) is 2.52. The maximum atomic E-state index is 12.5. The van der Waals surface area contributed by atoms with E-state index in [1.165, 1.54) is 6.92 Å². The monoisotopic (exact) mass is 328 g/mol. The van der Waals surface area contributed by atoms with Gasteiger partial charge in [-0.05, 0) is 31.5 Å². The lowest BCUT2D eigenvalue weighted by molar-refractivity contribution is -0.131. The highest BCUT2D eigenvalue weighted by Gasteiger charge is 2.20. The average Bonchev–Trinajstić information content (AvgIpc) is 2.92. The molecule has 0 spiro atoms. The van der Waals surface area contributed by atoms with Gasteiger partial charge in [0.25, 0.3) is 0 Å². The number of benzene rings is 1. The van der Waals surface area contributed by atoms with Crippen molar-refractivity contribution in [2.75, 3.05) is 7.05 Å². The molecule has 1 N–H and O–H groups in total. The average molecular weight is 328 g/mol. The summed E-state index contributed by atoms with van der Waals surface area (Å²) in [7, 11) is 1.74. The second-order valence-corrected chi connectivity index (χ2v) is 6.13. The summed E-state index contributed by atoms with van der Waals surface area (Å²) in [6.45, 7) is 5.74. The Kier molecular flexibility index (Phi) is 5.79. The van der Waals surface area contributed by atoms with Gasteiger partial charge in [-0.1, -0.05) is 29.8 Å². The second-order valence-electron chi connectivity index (χ2n) is 6.13. The molecule has 1 atom stereocenters. The zero-order chi connectivity index (χ0) is 17.7. The number of hydrogen-bond acceptors (Lipinski definition) is 3. The Bertz CT molecular complexity index is 704. The van der Waals surface area contributed by atoms with Gasteiger partial charge in [0.15, 0.2) is 0 Å². The highest BCUT2D eigenvalue weighted by Crippen LogP contribution is 2.19. The van der Waals surface area contributed by atoms with Crippen molar-refractivity contribution in [3.63, 3.8) is 0 Å². The first-order valence-corrected chi connectivity index (χ1v) is 7.98. The Morgan fingerprint density at radius 2 is 1.79 bits per heavy atom. The van der Waals surface area contributed by atoms with Crippen LogP contribution >= 0.6 is 0 Å². The quantitative estimate of drug-likeness (QED) is 0.886. The molecule has 2 rings (SSSR count). The zero-order valence-electron chi connectivity index (χ0n) is 14.6. The Morgan fingerprint density at radius 3 is 2.33 bits per heavy atom. The first-order chi connectivity index (χ1) is 11.3. The number of nitrogens with one attached hydrogen (secondary N) is 1. The molecule has 2 amide bonds. The molecule has 2 aromatic rings. The van der Waals surface area contributed by atoms with Gasteiger partial charge in [0.05, 0.1) is 19.0 Å². The Morgan fingerprint density at radius 1 is 1.12 bits per heavy atom. The van der Waals surface area contributed by atoms with Crippen LogP contribution in [0.15, 0.2) is 40.8 Å². The van der Waals surface area contributed by atoms with Crippen molar-refractivity contribution in [2.45, 2.75) is 39.8 Å². The summed E-state index contributed by atoms with van der Waals surface area (Å²) in [4.78, 5) is 25.6. The van der Waals surface area contributed by atoms with E-state index < -0.39 is 0 Å². The van der Waals surface area contributed by atoms with Crippen molar-refractivity contribution in [3.05, 3.63) is 59.0 Å². The molecular weight excluding hydrogens is 304 g/mol. The van der Waals surface area contributed by atoms with E-state index in [0.717, 1.165) is 22.6 Å². The summed E-state index contributed by atoms with van der Waals surface area (Å²) in [5.41, 5.74) is 2.06. The number of rotatable bonds is 6. The molecular formula is C19H24N2O3. The number of hydrogen-bond donors (Lipinski definition) is 1. The number of furan rings is 1. The van der Waals surface area contributed by atoms with Crippen LogP contribution in [-0.4, -0.2) is 23.8 Å². The minimum atomic E-state index is -0.337. The molecule has 0 aliphatic rings. The molecule has 24 heavy (non-hydrogen) atoms. The SMILES string of the molecule is CC(=O)NC(CC(=O)N(C)Cc1ccc(C)o1)c1ccc(C)cc1. The molecule has 0 fully saturated rings. The molecule has 0 saturated carbocycles. The number of amides is 2. The van der Waals surface area contributed by atoms with Crippen LogP contribution in [0.4, 0.5) is 0 Å². The minimum absolute atomic E-state index is 0.0524. The van der Waals surface area contributed by atoms with Crippen molar-refractivity contribution in [3.8, 4) is 0 Å². The second kappa shape index (κ2) is 7.81. The highest BCUT2D eigenvalue weighted by atomic mass is 16.3. The van der Waals surface area contributed by atoms with Crippen LogP contribution in [0, 0.1) is 13.8 Å². The van der Waals surface area contributed by atoms with Gasteiger partial charge < -0.3 is 14.6 Å². The predicted octanol–water partition coefficient (Wildman–Crippen LogP) is 3.12. The van der Waals surface area contributed by atoms with E-state index in [4.69, 9.17) is 4.42 Å². The predicted molar refractivity (Wildman–Crippen MR) is 92.3 cm³/mol. The van der Waals surface area contributed by atoms with Gasteiger partial charge >= 0.3 is 0 Å². The van der Waals surface area contributed by atoms with E-state index in [1.807, 2.05) is 50.2 Å². The van der Waals surface area contributed by atoms with Crippen LogP contribution in [0.2, 0.25) is 0 Å². The van der Waals surface area contributed by atoms with Crippen LogP contribution in [0.3, 0.4) is 0 Å². The third kappa shape index (κ3) is 4.98. The van der Waals surface area contributed by atoms with Crippen LogP contribution in [0.25, 0.3) is 0 Å². The first-order valence-electron chi connectivity index (χ1n) is 7.98. The smallest absolute Gasteiger partial charge is 0.225 e. The molecule has 0 saturated heterocycles. The van der Waals surface area contributed by atoms with Gasteiger partial charge in [0.2, 0.25) is 11.8 Å². The van der Waals surface area contributed by atoms with E-state index in [9.17, 15) is 9.59 Å². The molecule has 0 bridgehead atoms. The molecule has 1 unspecified atom stereocenters. The Hall–Kier alpha value is -2.56. The molecule has 1 heterocycles. The third-order valence-electron chi connectivity index (χ3n) is 3.85. The Balaban J connectivity index is 2.05. The maximum Gasteiger partial charge on any atom is 0.225 e. The van der Waals surface area contributed by atoms with Gasteiger partial charge in [-0.15, -0.1) is 0 Å². The van der Waals surface area contributed by atoms with Crippen molar-refractivity contribution >= 4 is 11.8 Å². The maximum absolute atomic E-state index is 12.5. The molecule has 1 aromatic heterocycles. The van der Waals surface area contributed by atoms with Gasteiger partial charge in [-0.2, -0.15) is 0 Å². The zero-order valence-corrected chi connectivity index (χ0v) is 14.6. The lowest BCUT2D eigenvalue weighted by Gasteiger charge is -2.22. The normalized spacial score (nSPS) is 11.8. The number of aryl methyl sites for hydroxylation is 2. The van der Waals surface area contributed by atoms with Crippen LogP contribution in [0.1, 0.15) is 42.0 Å². The van der Waals surface area contributed by atoms with Gasteiger partial charge in [-0.25, -0.2) is 0 Å². The summed E-state index contributed by atoms with van der Waals surface area (Å²) in [6, 6.07) is 11.2. The van der Waals surface area contributed by atoms with E-state index in [2.05, 4.69) is 5.32 Å². The Labute approximate surface area is 142 Å². The lowest BCUT2D eigenvalue weighted by atomic mass is 10.0. The standard InChI is InChI=1S/C19H24N2O3/c1-13-5-8-16(9-6-13)18(20-15(3)22)11-19(23)21(4)12-17-10-7-14(2)24-17/h5-10,18H,11-12H2,1-4H3,(H,20,22). The highest BCUT2D eigenvalue weighted by molar-refractivity contribution is 5.79. The van der Waals surface area contributed by atoms with E-state index in [0.29, 0.717) is 6.54 Å². The molecule has 1 aromatic carbocycles. The fourth-order valence-corrected chi connectivity index (χ4v) is 2.52. The number of carbonyl (C=O) groups excluding carboxylic acids is 2. The van der Waals surface area contributed by atoms with E-state index in [-0.39, 0.29) is 24.3 Å². The lowest BCUT2D eigenvalue weighted by Crippen LogP contribution is -2.33. The largest absolute Gasteiger partial charge is 0.464 e. The summed E-state index contributed by atoms with van der Waals surface area (Å²) >= 11 is 0. The fraction of sp³-hybridized carbons (Fsp3) is 0.368. The van der Waals surface area contributed by atoms with Crippen molar-refractivity contribution in [1.82, 2.24) is 10.2 Å². The van der Waals surface area contributed by atoms with Crippen molar-refractivity contribution in [1.29, 1.82) is 0 Å². The summed E-state index contributed by atoms with van der Waals surface area (Å²) in [5.74, 6) is 1.36. The van der Waals surface area contributed by atoms with E-state index >= 15 is 0 Å². The van der Waals surface area contributed by atoms with Gasteiger partial charge in [0, 0.05) is 14.0 Å². The van der Waals surface area contributed by atoms with Crippen LogP contribution in [0.5, 0.6) is 0 Å². The third-order valence-corrected chi connectivity index (χ3v) is 3.85. The topological polar surface area (TPSA) is 62.6 Å². The summed E-state index contributed by atoms with van der Waals surface area (Å²) < 4.78 is 5.51. The molecule has 0 radical (unpaired) electrons. The molecule has 0 aliphatic carbocycles.